The normalized spacial score (nSPS) is 22.0. The molecule has 1 N–H and O–H groups in total. The van der Waals surface area contributed by atoms with Crippen LogP contribution in [-0.2, 0) is 4.74 Å². The van der Waals surface area contributed by atoms with Crippen LogP contribution in [0.2, 0.25) is 0 Å². The highest BCUT2D eigenvalue weighted by Gasteiger charge is 2.34. The zero-order valence-electron chi connectivity index (χ0n) is 11.9. The second-order valence-electron chi connectivity index (χ2n) is 5.75. The number of nitrogens with zero attached hydrogens (tertiary/aromatic N) is 1. The van der Waals surface area contributed by atoms with Crippen LogP contribution in [0.5, 0.6) is 0 Å². The summed E-state index contributed by atoms with van der Waals surface area (Å²) in [5.41, 5.74) is 5.42. The Morgan fingerprint density at radius 2 is 1.62 bits per heavy atom. The molecule has 1 atom stereocenters. The van der Waals surface area contributed by atoms with E-state index in [0.29, 0.717) is 6.61 Å². The first-order valence-corrected chi connectivity index (χ1v) is 7.53. The number of rotatable bonds is 2. The maximum absolute atomic E-state index is 9.39. The molecule has 0 spiro atoms. The van der Waals surface area contributed by atoms with Crippen molar-refractivity contribution < 1.29 is 9.84 Å². The zero-order chi connectivity index (χ0) is 14.2. The van der Waals surface area contributed by atoms with Gasteiger partial charge in [-0.2, -0.15) is 0 Å². The molecule has 3 nitrogen and oxygen atoms in total. The fraction of sp³-hybridized carbons (Fsp3) is 0.333. The molecule has 0 bridgehead atoms. The van der Waals surface area contributed by atoms with Crippen molar-refractivity contribution in [2.24, 2.45) is 0 Å². The van der Waals surface area contributed by atoms with Gasteiger partial charge in [0.1, 0.15) is 0 Å². The summed E-state index contributed by atoms with van der Waals surface area (Å²) in [6.07, 6.45) is -0.0707. The molecule has 1 fully saturated rings. The number of aliphatic hydroxyl groups excluding tert-OH is 1. The first-order valence-electron chi connectivity index (χ1n) is 7.53. The molecular formula is C18H19NO2. The highest BCUT2D eigenvalue weighted by atomic mass is 16.5. The van der Waals surface area contributed by atoms with Gasteiger partial charge in [-0.05, 0) is 22.3 Å². The lowest BCUT2D eigenvalue weighted by molar-refractivity contribution is -0.0605. The van der Waals surface area contributed by atoms with Crippen LogP contribution in [0.25, 0.3) is 11.1 Å². The molecular weight excluding hydrogens is 262 g/mol. The lowest BCUT2D eigenvalue weighted by Crippen LogP contribution is -2.45. The summed E-state index contributed by atoms with van der Waals surface area (Å²) in [4.78, 5) is 2.44. The van der Waals surface area contributed by atoms with Crippen LogP contribution >= 0.6 is 0 Å². The molecule has 21 heavy (non-hydrogen) atoms. The van der Waals surface area contributed by atoms with Gasteiger partial charge in [0.15, 0.2) is 0 Å². The Hall–Kier alpha value is -1.68. The minimum atomic E-state index is -0.0707. The van der Waals surface area contributed by atoms with Gasteiger partial charge in [0.05, 0.1) is 25.4 Å². The van der Waals surface area contributed by atoms with E-state index in [2.05, 4.69) is 53.4 Å². The van der Waals surface area contributed by atoms with Gasteiger partial charge in [-0.15, -0.1) is 0 Å². The second kappa shape index (κ2) is 5.26. The molecule has 1 heterocycles. The summed E-state index contributed by atoms with van der Waals surface area (Å²) in [6, 6.07) is 17.6. The van der Waals surface area contributed by atoms with Crippen molar-refractivity contribution >= 4 is 0 Å². The Morgan fingerprint density at radius 3 is 2.24 bits per heavy atom. The Labute approximate surface area is 124 Å². The van der Waals surface area contributed by atoms with E-state index in [4.69, 9.17) is 4.74 Å². The molecule has 2 aromatic carbocycles. The van der Waals surface area contributed by atoms with E-state index >= 15 is 0 Å². The van der Waals surface area contributed by atoms with Crippen LogP contribution < -0.4 is 0 Å². The lowest BCUT2D eigenvalue weighted by atomic mass is 10.0. The maximum atomic E-state index is 9.39. The molecule has 0 aromatic heterocycles. The molecule has 108 valence electrons. The van der Waals surface area contributed by atoms with E-state index in [1.165, 1.54) is 22.3 Å². The fourth-order valence-corrected chi connectivity index (χ4v) is 3.61. The second-order valence-corrected chi connectivity index (χ2v) is 5.75. The van der Waals surface area contributed by atoms with E-state index in [0.717, 1.165) is 13.1 Å². The molecule has 1 saturated heterocycles. The number of benzene rings is 2. The third-order valence-corrected chi connectivity index (χ3v) is 4.54. The Bertz CT molecular complexity index is 610. The topological polar surface area (TPSA) is 32.7 Å². The Balaban J connectivity index is 1.78. The Morgan fingerprint density at radius 1 is 1.00 bits per heavy atom. The van der Waals surface area contributed by atoms with Crippen molar-refractivity contribution in [2.75, 3.05) is 26.3 Å². The van der Waals surface area contributed by atoms with Crippen LogP contribution in [0.3, 0.4) is 0 Å². The molecule has 4 rings (SSSR count). The minimum Gasteiger partial charge on any atom is -0.394 e. The number of morpholine rings is 1. The van der Waals surface area contributed by atoms with E-state index in [-0.39, 0.29) is 18.8 Å². The van der Waals surface area contributed by atoms with Crippen molar-refractivity contribution in [3.8, 4) is 11.1 Å². The van der Waals surface area contributed by atoms with Crippen molar-refractivity contribution in [3.05, 3.63) is 59.7 Å². The quantitative estimate of drug-likeness (QED) is 0.918. The van der Waals surface area contributed by atoms with Gasteiger partial charge < -0.3 is 9.84 Å². The smallest absolute Gasteiger partial charge is 0.0933 e. The third kappa shape index (κ3) is 2.09. The van der Waals surface area contributed by atoms with Gasteiger partial charge >= 0.3 is 0 Å². The van der Waals surface area contributed by atoms with Gasteiger partial charge in [-0.3, -0.25) is 4.90 Å². The number of hydrogen-bond donors (Lipinski definition) is 1. The average molecular weight is 281 g/mol. The molecule has 1 unspecified atom stereocenters. The predicted molar refractivity (Wildman–Crippen MR) is 82.1 cm³/mol. The van der Waals surface area contributed by atoms with Crippen LogP contribution in [0.1, 0.15) is 17.2 Å². The highest BCUT2D eigenvalue weighted by molar-refractivity contribution is 5.78. The molecule has 1 aliphatic heterocycles. The van der Waals surface area contributed by atoms with E-state index < -0.39 is 0 Å². The van der Waals surface area contributed by atoms with Crippen molar-refractivity contribution in [1.29, 1.82) is 0 Å². The van der Waals surface area contributed by atoms with Crippen molar-refractivity contribution in [1.82, 2.24) is 4.90 Å². The number of hydrogen-bond acceptors (Lipinski definition) is 3. The van der Waals surface area contributed by atoms with Crippen molar-refractivity contribution in [3.63, 3.8) is 0 Å². The standard InChI is InChI=1S/C18H19NO2/c20-12-13-11-19(9-10-21-13)18-16-7-3-1-5-14(16)15-6-2-4-8-17(15)18/h1-8,13,18,20H,9-12H2. The first kappa shape index (κ1) is 13.0. The van der Waals surface area contributed by atoms with Gasteiger partial charge in [-0.25, -0.2) is 0 Å². The lowest BCUT2D eigenvalue weighted by Gasteiger charge is -2.37. The van der Waals surface area contributed by atoms with E-state index in [1.54, 1.807) is 0 Å². The van der Waals surface area contributed by atoms with Gasteiger partial charge in [0.2, 0.25) is 0 Å². The third-order valence-electron chi connectivity index (χ3n) is 4.54. The molecule has 2 aromatic rings. The molecule has 2 aliphatic rings. The summed E-state index contributed by atoms with van der Waals surface area (Å²) >= 11 is 0. The van der Waals surface area contributed by atoms with Gasteiger partial charge in [0.25, 0.3) is 0 Å². The molecule has 0 amide bonds. The molecule has 0 saturated carbocycles. The first-order chi connectivity index (χ1) is 10.4. The summed E-state index contributed by atoms with van der Waals surface area (Å²) < 4.78 is 5.60. The molecule has 3 heteroatoms. The number of aliphatic hydroxyl groups is 1. The Kier molecular flexibility index (Phi) is 3.26. The molecule has 0 radical (unpaired) electrons. The fourth-order valence-electron chi connectivity index (χ4n) is 3.61. The number of fused-ring (bicyclic) bond motifs is 3. The number of ether oxygens (including phenoxy) is 1. The van der Waals surface area contributed by atoms with Crippen molar-refractivity contribution in [2.45, 2.75) is 12.1 Å². The van der Waals surface area contributed by atoms with E-state index in [9.17, 15) is 5.11 Å². The summed E-state index contributed by atoms with van der Waals surface area (Å²) in [5, 5.41) is 9.39. The summed E-state index contributed by atoms with van der Waals surface area (Å²) in [7, 11) is 0. The van der Waals surface area contributed by atoms with Gasteiger partial charge in [0, 0.05) is 13.1 Å². The summed E-state index contributed by atoms with van der Waals surface area (Å²) in [6.45, 7) is 2.46. The predicted octanol–water partition coefficient (Wildman–Crippen LogP) is 2.45. The highest BCUT2D eigenvalue weighted by Crippen LogP contribution is 2.46. The van der Waals surface area contributed by atoms with Crippen LogP contribution in [-0.4, -0.2) is 42.4 Å². The summed E-state index contributed by atoms with van der Waals surface area (Å²) in [5.74, 6) is 0. The SMILES string of the molecule is OCC1CN(C2c3ccccc3-c3ccccc32)CCO1. The maximum Gasteiger partial charge on any atom is 0.0933 e. The van der Waals surface area contributed by atoms with Crippen LogP contribution in [0.4, 0.5) is 0 Å². The zero-order valence-corrected chi connectivity index (χ0v) is 11.9. The average Bonchev–Trinajstić information content (AvgIpc) is 2.89. The monoisotopic (exact) mass is 281 g/mol. The van der Waals surface area contributed by atoms with Crippen LogP contribution in [0.15, 0.2) is 48.5 Å². The molecule has 1 aliphatic carbocycles. The minimum absolute atomic E-state index is 0.0707. The largest absolute Gasteiger partial charge is 0.394 e. The van der Waals surface area contributed by atoms with Gasteiger partial charge in [-0.1, -0.05) is 48.5 Å². The van der Waals surface area contributed by atoms with E-state index in [1.807, 2.05) is 0 Å². The van der Waals surface area contributed by atoms with Crippen LogP contribution in [0, 0.1) is 0 Å².